The summed E-state index contributed by atoms with van der Waals surface area (Å²) >= 11 is 0. The van der Waals surface area contributed by atoms with Crippen LogP contribution in [0, 0.1) is 11.7 Å². The third-order valence-corrected chi connectivity index (χ3v) is 4.08. The van der Waals surface area contributed by atoms with Gasteiger partial charge in [-0.1, -0.05) is 44.2 Å². The van der Waals surface area contributed by atoms with Gasteiger partial charge in [-0.25, -0.2) is 4.39 Å². The number of rotatable bonds is 5. The van der Waals surface area contributed by atoms with Gasteiger partial charge in [-0.15, -0.1) is 0 Å². The molecule has 0 amide bonds. The monoisotopic (exact) mass is 266 g/mol. The lowest BCUT2D eigenvalue weighted by Gasteiger charge is -2.26. The Balaban J connectivity index is 2.12. The molecule has 1 aliphatic rings. The van der Waals surface area contributed by atoms with Gasteiger partial charge in [-0.3, -0.25) is 11.3 Å². The minimum absolute atomic E-state index is 0.141. The second-order valence-electron chi connectivity index (χ2n) is 5.32. The van der Waals surface area contributed by atoms with Crippen LogP contribution in [-0.2, 0) is 0 Å². The highest BCUT2D eigenvalue weighted by Crippen LogP contribution is 2.33. The molecule has 1 unspecified atom stereocenters. The summed E-state index contributed by atoms with van der Waals surface area (Å²) in [6.45, 7) is 0. The summed E-state index contributed by atoms with van der Waals surface area (Å²) in [4.78, 5) is 0. The van der Waals surface area contributed by atoms with E-state index in [4.69, 9.17) is 10.6 Å². The molecular formula is C15H23FN2O. The average molecular weight is 266 g/mol. The highest BCUT2D eigenvalue weighted by atomic mass is 19.1. The van der Waals surface area contributed by atoms with Crippen molar-refractivity contribution in [2.24, 2.45) is 11.8 Å². The van der Waals surface area contributed by atoms with Crippen LogP contribution in [0.1, 0.15) is 50.1 Å². The molecular weight excluding hydrogens is 243 g/mol. The summed E-state index contributed by atoms with van der Waals surface area (Å²) in [6.07, 6.45) is 7.23. The number of hydrogen-bond acceptors (Lipinski definition) is 3. The second-order valence-corrected chi connectivity index (χ2v) is 5.32. The number of ether oxygens (including phenoxy) is 1. The third kappa shape index (κ3) is 3.45. The van der Waals surface area contributed by atoms with Crippen molar-refractivity contribution in [1.29, 1.82) is 0 Å². The van der Waals surface area contributed by atoms with E-state index in [2.05, 4.69) is 5.43 Å². The van der Waals surface area contributed by atoms with E-state index in [0.717, 1.165) is 6.42 Å². The molecule has 1 aliphatic carbocycles. The molecule has 2 rings (SSSR count). The second kappa shape index (κ2) is 6.87. The Hall–Kier alpha value is -1.13. The van der Waals surface area contributed by atoms with Gasteiger partial charge >= 0.3 is 0 Å². The highest BCUT2D eigenvalue weighted by Gasteiger charge is 2.22. The number of nitrogens with one attached hydrogen (secondary N) is 1. The molecule has 3 nitrogen and oxygen atoms in total. The maximum Gasteiger partial charge on any atom is 0.169 e. The Kier molecular flexibility index (Phi) is 5.16. The van der Waals surface area contributed by atoms with Crippen molar-refractivity contribution in [3.63, 3.8) is 0 Å². The summed E-state index contributed by atoms with van der Waals surface area (Å²) in [5, 5.41) is 0. The van der Waals surface area contributed by atoms with Crippen molar-refractivity contribution in [3.8, 4) is 5.75 Å². The maximum atomic E-state index is 14.2. The molecule has 1 aromatic carbocycles. The van der Waals surface area contributed by atoms with Crippen molar-refractivity contribution < 1.29 is 9.13 Å². The first kappa shape index (κ1) is 14.3. The van der Waals surface area contributed by atoms with Crippen LogP contribution >= 0.6 is 0 Å². The lowest BCUT2D eigenvalue weighted by atomic mass is 9.83. The Morgan fingerprint density at radius 3 is 2.74 bits per heavy atom. The first-order valence-electron chi connectivity index (χ1n) is 7.04. The molecule has 3 N–H and O–H groups in total. The molecule has 0 bridgehead atoms. The number of hydrogen-bond donors (Lipinski definition) is 2. The SMILES string of the molecule is COc1cccc(C(CC2CCCCC2)NN)c1F. The Morgan fingerprint density at radius 1 is 1.37 bits per heavy atom. The molecule has 1 saturated carbocycles. The zero-order valence-electron chi connectivity index (χ0n) is 11.5. The van der Waals surface area contributed by atoms with Crippen LogP contribution in [0.25, 0.3) is 0 Å². The number of methoxy groups -OCH3 is 1. The molecule has 106 valence electrons. The molecule has 0 heterocycles. The van der Waals surface area contributed by atoms with Crippen LogP contribution in [0.2, 0.25) is 0 Å². The quantitative estimate of drug-likeness (QED) is 0.635. The average Bonchev–Trinajstić information content (AvgIpc) is 2.46. The lowest BCUT2D eigenvalue weighted by molar-refractivity contribution is 0.296. The van der Waals surface area contributed by atoms with Crippen molar-refractivity contribution >= 4 is 0 Å². The zero-order valence-corrected chi connectivity index (χ0v) is 11.5. The number of benzene rings is 1. The van der Waals surface area contributed by atoms with E-state index in [1.807, 2.05) is 6.07 Å². The first-order valence-corrected chi connectivity index (χ1v) is 7.04. The van der Waals surface area contributed by atoms with Gasteiger partial charge < -0.3 is 4.74 Å². The van der Waals surface area contributed by atoms with E-state index in [1.54, 1.807) is 12.1 Å². The van der Waals surface area contributed by atoms with Crippen LogP contribution in [-0.4, -0.2) is 7.11 Å². The molecule has 0 saturated heterocycles. The van der Waals surface area contributed by atoms with Crippen LogP contribution in [0.5, 0.6) is 5.75 Å². The molecule has 1 atom stereocenters. The maximum absolute atomic E-state index is 14.2. The van der Waals surface area contributed by atoms with Gasteiger partial charge in [0.25, 0.3) is 0 Å². The minimum Gasteiger partial charge on any atom is -0.494 e. The summed E-state index contributed by atoms with van der Waals surface area (Å²) in [5.74, 6) is 6.24. The normalized spacial score (nSPS) is 18.3. The lowest BCUT2D eigenvalue weighted by Crippen LogP contribution is -2.31. The van der Waals surface area contributed by atoms with Gasteiger partial charge in [0.1, 0.15) is 0 Å². The predicted molar refractivity (Wildman–Crippen MR) is 74.2 cm³/mol. The van der Waals surface area contributed by atoms with Gasteiger partial charge in [0.2, 0.25) is 0 Å². The van der Waals surface area contributed by atoms with E-state index < -0.39 is 0 Å². The van der Waals surface area contributed by atoms with Crippen molar-refractivity contribution in [1.82, 2.24) is 5.43 Å². The molecule has 0 aliphatic heterocycles. The van der Waals surface area contributed by atoms with Gasteiger partial charge in [0.05, 0.1) is 7.11 Å². The van der Waals surface area contributed by atoms with E-state index in [1.165, 1.54) is 39.2 Å². The van der Waals surface area contributed by atoms with E-state index in [9.17, 15) is 4.39 Å². The summed E-state index contributed by atoms with van der Waals surface area (Å²) in [5.41, 5.74) is 3.37. The topological polar surface area (TPSA) is 47.3 Å². The van der Waals surface area contributed by atoms with Crippen molar-refractivity contribution in [3.05, 3.63) is 29.6 Å². The van der Waals surface area contributed by atoms with Gasteiger partial charge in [-0.05, 0) is 18.4 Å². The third-order valence-electron chi connectivity index (χ3n) is 4.08. The highest BCUT2D eigenvalue weighted by molar-refractivity contribution is 5.33. The largest absolute Gasteiger partial charge is 0.494 e. The summed E-state index contributed by atoms with van der Waals surface area (Å²) in [7, 11) is 1.48. The van der Waals surface area contributed by atoms with Crippen molar-refractivity contribution in [2.45, 2.75) is 44.6 Å². The molecule has 0 radical (unpaired) electrons. The predicted octanol–water partition coefficient (Wildman–Crippen LogP) is 3.31. The fraction of sp³-hybridized carbons (Fsp3) is 0.600. The van der Waals surface area contributed by atoms with E-state index in [0.29, 0.717) is 11.5 Å². The summed E-state index contributed by atoms with van der Waals surface area (Å²) in [6, 6.07) is 5.08. The van der Waals surface area contributed by atoms with Gasteiger partial charge in [-0.2, -0.15) is 0 Å². The van der Waals surface area contributed by atoms with Crippen LogP contribution in [0.15, 0.2) is 18.2 Å². The smallest absolute Gasteiger partial charge is 0.169 e. The molecule has 1 fully saturated rings. The minimum atomic E-state index is -0.302. The van der Waals surface area contributed by atoms with Crippen LogP contribution in [0.4, 0.5) is 4.39 Å². The molecule has 0 aromatic heterocycles. The number of hydrazine groups is 1. The Morgan fingerprint density at radius 2 is 2.11 bits per heavy atom. The molecule has 19 heavy (non-hydrogen) atoms. The molecule has 0 spiro atoms. The molecule has 4 heteroatoms. The number of halogens is 1. The standard InChI is InChI=1S/C15H23FN2O/c1-19-14-9-5-8-12(15(14)16)13(18-17)10-11-6-3-2-4-7-11/h5,8-9,11,13,18H,2-4,6-7,10,17H2,1H3. The van der Waals surface area contributed by atoms with Crippen LogP contribution < -0.4 is 16.0 Å². The molecule has 1 aromatic rings. The van der Waals surface area contributed by atoms with E-state index >= 15 is 0 Å². The van der Waals surface area contributed by atoms with Gasteiger partial charge in [0, 0.05) is 11.6 Å². The Labute approximate surface area is 114 Å². The van der Waals surface area contributed by atoms with Gasteiger partial charge in [0.15, 0.2) is 11.6 Å². The zero-order chi connectivity index (χ0) is 13.7. The van der Waals surface area contributed by atoms with Crippen molar-refractivity contribution in [2.75, 3.05) is 7.11 Å². The van der Waals surface area contributed by atoms with Crippen LogP contribution in [0.3, 0.4) is 0 Å². The fourth-order valence-corrected chi connectivity index (χ4v) is 3.00. The first-order chi connectivity index (χ1) is 9.26. The number of nitrogens with two attached hydrogens (primary N) is 1. The summed E-state index contributed by atoms with van der Waals surface area (Å²) < 4.78 is 19.3. The Bertz CT molecular complexity index is 405. The fourth-order valence-electron chi connectivity index (χ4n) is 3.00. The van der Waals surface area contributed by atoms with E-state index in [-0.39, 0.29) is 17.6 Å².